The van der Waals surface area contributed by atoms with Crippen LogP contribution in [0.4, 0.5) is 5.69 Å². The van der Waals surface area contributed by atoms with Crippen molar-refractivity contribution >= 4 is 34.0 Å². The van der Waals surface area contributed by atoms with Crippen LogP contribution < -0.4 is 10.6 Å². The highest BCUT2D eigenvalue weighted by atomic mass is 35.5. The van der Waals surface area contributed by atoms with Gasteiger partial charge in [-0.05, 0) is 23.8 Å². The number of pyridine rings is 1. The summed E-state index contributed by atoms with van der Waals surface area (Å²) in [6, 6.07) is 9.55. The largest absolute Gasteiger partial charge is 0.378 e. The third kappa shape index (κ3) is 3.55. The lowest BCUT2D eigenvalue weighted by atomic mass is 10.2. The number of nitrogens with zero attached hydrogens (tertiary/aromatic N) is 6. The molecule has 3 aromatic heterocycles. The predicted molar refractivity (Wildman–Crippen MR) is 120 cm³/mol. The summed E-state index contributed by atoms with van der Waals surface area (Å²) in [4.78, 5) is 20.6. The Morgan fingerprint density at radius 3 is 2.58 bits per heavy atom. The summed E-state index contributed by atoms with van der Waals surface area (Å²) in [6.07, 6.45) is 1.84. The monoisotopic (exact) mass is 438 g/mol. The van der Waals surface area contributed by atoms with E-state index in [1.807, 2.05) is 50.4 Å². The van der Waals surface area contributed by atoms with E-state index in [9.17, 15) is 4.79 Å². The van der Waals surface area contributed by atoms with E-state index < -0.39 is 0 Å². The van der Waals surface area contributed by atoms with Gasteiger partial charge >= 0.3 is 5.69 Å². The van der Waals surface area contributed by atoms with Crippen LogP contribution in [0, 0.1) is 0 Å². The number of benzene rings is 1. The van der Waals surface area contributed by atoms with Gasteiger partial charge in [0, 0.05) is 24.0 Å². The molecule has 5 rings (SSSR count). The molecule has 0 saturated carbocycles. The third-order valence-electron chi connectivity index (χ3n) is 5.61. The van der Waals surface area contributed by atoms with Crippen LogP contribution in [0.3, 0.4) is 0 Å². The molecule has 1 fully saturated rings. The fourth-order valence-corrected chi connectivity index (χ4v) is 4.10. The van der Waals surface area contributed by atoms with Gasteiger partial charge in [-0.25, -0.2) is 14.2 Å². The lowest BCUT2D eigenvalue weighted by molar-refractivity contribution is 0.122. The van der Waals surface area contributed by atoms with E-state index in [4.69, 9.17) is 21.3 Å². The van der Waals surface area contributed by atoms with E-state index in [1.54, 1.807) is 8.97 Å². The van der Waals surface area contributed by atoms with Crippen molar-refractivity contribution in [1.82, 2.24) is 24.1 Å². The Morgan fingerprint density at radius 2 is 1.87 bits per heavy atom. The smallest absolute Gasteiger partial charge is 0.336 e. The van der Waals surface area contributed by atoms with Crippen LogP contribution >= 0.6 is 11.6 Å². The summed E-state index contributed by atoms with van der Waals surface area (Å²) in [5.41, 5.74) is 3.65. The second-order valence-electron chi connectivity index (χ2n) is 8.03. The van der Waals surface area contributed by atoms with Crippen LogP contribution in [0.1, 0.15) is 31.2 Å². The van der Waals surface area contributed by atoms with Crippen molar-refractivity contribution in [3.8, 4) is 0 Å². The maximum atomic E-state index is 13.6. The number of hydrogen-bond donors (Lipinski definition) is 0. The first kappa shape index (κ1) is 20.0. The Balaban J connectivity index is 1.75. The minimum Gasteiger partial charge on any atom is -0.378 e. The van der Waals surface area contributed by atoms with Crippen molar-refractivity contribution in [3.05, 3.63) is 63.4 Å². The van der Waals surface area contributed by atoms with Gasteiger partial charge in [0.1, 0.15) is 11.3 Å². The summed E-state index contributed by atoms with van der Waals surface area (Å²) in [5.74, 6) is 0.683. The number of ether oxygens (including phenoxy) is 1. The standard InChI is InChI=1S/C22H23ClN6O2/c1-14(2)20-25-26-21-19-18(11-17(12-24-19)27-7-9-31-10-8-27)28(22(30)29(20)21)13-15-3-5-16(23)6-4-15/h3-6,11-12,14H,7-10,13H2,1-2H3. The van der Waals surface area contributed by atoms with Crippen LogP contribution in [-0.4, -0.2) is 50.5 Å². The van der Waals surface area contributed by atoms with Crippen LogP contribution in [0.2, 0.25) is 5.02 Å². The van der Waals surface area contributed by atoms with Gasteiger partial charge in [0.15, 0.2) is 5.65 Å². The Morgan fingerprint density at radius 1 is 1.13 bits per heavy atom. The molecule has 160 valence electrons. The molecule has 4 heterocycles. The first-order valence-electron chi connectivity index (χ1n) is 10.4. The number of aromatic nitrogens is 5. The van der Waals surface area contributed by atoms with E-state index in [2.05, 4.69) is 15.1 Å². The molecule has 4 aromatic rings. The van der Waals surface area contributed by atoms with Gasteiger partial charge in [0.05, 0.1) is 37.2 Å². The molecule has 8 nitrogen and oxygen atoms in total. The third-order valence-corrected chi connectivity index (χ3v) is 5.86. The lowest BCUT2D eigenvalue weighted by Crippen LogP contribution is -2.36. The highest BCUT2D eigenvalue weighted by molar-refractivity contribution is 6.30. The van der Waals surface area contributed by atoms with Crippen molar-refractivity contribution in [2.45, 2.75) is 26.3 Å². The molecule has 1 aliphatic heterocycles. The van der Waals surface area contributed by atoms with Gasteiger partial charge in [0.25, 0.3) is 0 Å². The Hall–Kier alpha value is -2.97. The van der Waals surface area contributed by atoms with Gasteiger partial charge in [-0.2, -0.15) is 0 Å². The molecule has 0 amide bonds. The van der Waals surface area contributed by atoms with Gasteiger partial charge < -0.3 is 9.64 Å². The van der Waals surface area contributed by atoms with Crippen LogP contribution in [-0.2, 0) is 11.3 Å². The molecule has 0 atom stereocenters. The summed E-state index contributed by atoms with van der Waals surface area (Å²) in [7, 11) is 0. The van der Waals surface area contributed by atoms with E-state index in [1.165, 1.54) is 0 Å². The minimum absolute atomic E-state index is 0.0526. The fraction of sp³-hybridized carbons (Fsp3) is 0.364. The molecule has 0 radical (unpaired) electrons. The number of rotatable bonds is 4. The minimum atomic E-state index is -0.174. The van der Waals surface area contributed by atoms with Crippen LogP contribution in [0.25, 0.3) is 16.7 Å². The maximum Gasteiger partial charge on any atom is 0.336 e. The zero-order valence-corrected chi connectivity index (χ0v) is 18.2. The van der Waals surface area contributed by atoms with Gasteiger partial charge in [-0.3, -0.25) is 4.57 Å². The average Bonchev–Trinajstić information content (AvgIpc) is 3.24. The average molecular weight is 439 g/mol. The van der Waals surface area contributed by atoms with Gasteiger partial charge in [-0.1, -0.05) is 37.6 Å². The molecule has 9 heteroatoms. The molecule has 0 N–H and O–H groups in total. The number of halogens is 1. The second kappa shape index (κ2) is 7.94. The Labute approximate surface area is 184 Å². The van der Waals surface area contributed by atoms with Gasteiger partial charge in [-0.15, -0.1) is 10.2 Å². The summed E-state index contributed by atoms with van der Waals surface area (Å²) in [6.45, 7) is 7.33. The number of hydrogen-bond acceptors (Lipinski definition) is 6. The van der Waals surface area contributed by atoms with Crippen molar-refractivity contribution in [3.63, 3.8) is 0 Å². The van der Waals surface area contributed by atoms with Crippen molar-refractivity contribution in [2.24, 2.45) is 0 Å². The summed E-state index contributed by atoms with van der Waals surface area (Å²) < 4.78 is 8.81. The summed E-state index contributed by atoms with van der Waals surface area (Å²) >= 11 is 6.05. The Bertz CT molecular complexity index is 1310. The topological polar surface area (TPSA) is 77.5 Å². The first-order valence-corrected chi connectivity index (χ1v) is 10.8. The van der Waals surface area contributed by atoms with E-state index in [-0.39, 0.29) is 11.6 Å². The van der Waals surface area contributed by atoms with Crippen LogP contribution in [0.15, 0.2) is 41.3 Å². The molecule has 0 bridgehead atoms. The summed E-state index contributed by atoms with van der Waals surface area (Å²) in [5, 5.41) is 9.27. The predicted octanol–water partition coefficient (Wildman–Crippen LogP) is 3.10. The molecular formula is C22H23ClN6O2. The van der Waals surface area contributed by atoms with Crippen molar-refractivity contribution in [1.29, 1.82) is 0 Å². The van der Waals surface area contributed by atoms with Crippen molar-refractivity contribution in [2.75, 3.05) is 31.2 Å². The molecule has 0 aliphatic carbocycles. The van der Waals surface area contributed by atoms with Crippen molar-refractivity contribution < 1.29 is 4.74 Å². The molecule has 31 heavy (non-hydrogen) atoms. The molecule has 0 spiro atoms. The van der Waals surface area contributed by atoms with E-state index in [0.717, 1.165) is 29.9 Å². The molecule has 1 aliphatic rings. The maximum absolute atomic E-state index is 13.6. The molecule has 1 aromatic carbocycles. The van der Waals surface area contributed by atoms with Gasteiger partial charge in [0.2, 0.25) is 0 Å². The first-order chi connectivity index (χ1) is 15.0. The Kier molecular flexibility index (Phi) is 5.11. The quantitative estimate of drug-likeness (QED) is 0.487. The van der Waals surface area contributed by atoms with E-state index >= 15 is 0 Å². The van der Waals surface area contributed by atoms with Crippen LogP contribution in [0.5, 0.6) is 0 Å². The zero-order chi connectivity index (χ0) is 21.5. The van der Waals surface area contributed by atoms with E-state index in [0.29, 0.717) is 41.8 Å². The highest BCUT2D eigenvalue weighted by Crippen LogP contribution is 2.24. The second-order valence-corrected chi connectivity index (χ2v) is 8.46. The normalized spacial score (nSPS) is 14.8. The number of anilines is 1. The zero-order valence-electron chi connectivity index (χ0n) is 17.5. The molecule has 0 unspecified atom stereocenters. The lowest BCUT2D eigenvalue weighted by Gasteiger charge is -2.28. The fourth-order valence-electron chi connectivity index (χ4n) is 3.98. The number of morpholine rings is 1. The highest BCUT2D eigenvalue weighted by Gasteiger charge is 2.21. The SMILES string of the molecule is CC(C)c1nnc2c3ncc(N4CCOCC4)cc3n(Cc3ccc(Cl)cc3)c(=O)n12. The number of fused-ring (bicyclic) bond motifs is 3. The molecule has 1 saturated heterocycles. The molecular weight excluding hydrogens is 416 g/mol.